The molecule has 1 aromatic carbocycles. The molecule has 1 aliphatic heterocycles. The van der Waals surface area contributed by atoms with E-state index in [-0.39, 0.29) is 12.1 Å². The Morgan fingerprint density at radius 3 is 2.83 bits per heavy atom. The Kier molecular flexibility index (Phi) is 4.89. The van der Waals surface area contributed by atoms with Crippen LogP contribution in [0.5, 0.6) is 11.5 Å². The molecule has 0 spiro atoms. The molecule has 6 nitrogen and oxygen atoms in total. The Bertz CT molecular complexity index is 732. The lowest BCUT2D eigenvalue weighted by Gasteiger charge is -2.23. The second kappa shape index (κ2) is 7.09. The summed E-state index contributed by atoms with van der Waals surface area (Å²) in [7, 11) is 1.76. The number of carbonyl (C=O) groups is 1. The van der Waals surface area contributed by atoms with Crippen LogP contribution >= 0.6 is 11.3 Å². The number of nitrogens with zero attached hydrogens (tertiary/aromatic N) is 2. The van der Waals surface area contributed by atoms with E-state index in [9.17, 15) is 4.79 Å². The number of aromatic nitrogens is 1. The van der Waals surface area contributed by atoms with Crippen LogP contribution in [0, 0.1) is 6.92 Å². The van der Waals surface area contributed by atoms with Crippen molar-refractivity contribution < 1.29 is 14.3 Å². The van der Waals surface area contributed by atoms with E-state index >= 15 is 0 Å². The third-order valence-corrected chi connectivity index (χ3v) is 4.64. The molecule has 1 unspecified atom stereocenters. The molecular formula is C17H21N3O3S. The van der Waals surface area contributed by atoms with Crippen molar-refractivity contribution in [2.75, 3.05) is 20.3 Å². The Balaban J connectivity index is 1.61. The second-order valence-electron chi connectivity index (χ2n) is 5.79. The first-order valence-corrected chi connectivity index (χ1v) is 8.73. The minimum atomic E-state index is -0.136. The first-order valence-electron chi connectivity index (χ1n) is 7.85. The molecule has 24 heavy (non-hydrogen) atoms. The highest BCUT2D eigenvalue weighted by atomic mass is 32.1. The van der Waals surface area contributed by atoms with E-state index in [4.69, 9.17) is 9.47 Å². The summed E-state index contributed by atoms with van der Waals surface area (Å²) in [6.07, 6.45) is 0. The van der Waals surface area contributed by atoms with Crippen molar-refractivity contribution >= 4 is 17.4 Å². The maximum absolute atomic E-state index is 12.4. The summed E-state index contributed by atoms with van der Waals surface area (Å²) in [5.41, 5.74) is 1.88. The highest BCUT2D eigenvalue weighted by molar-refractivity contribution is 7.09. The molecule has 128 valence electrons. The molecule has 0 saturated heterocycles. The molecule has 1 N–H and O–H groups in total. The summed E-state index contributed by atoms with van der Waals surface area (Å²) in [4.78, 5) is 18.4. The summed E-state index contributed by atoms with van der Waals surface area (Å²) in [5.74, 6) is 1.48. The number of amides is 2. The zero-order chi connectivity index (χ0) is 17.1. The predicted octanol–water partition coefficient (Wildman–Crippen LogP) is 3.13. The minimum absolute atomic E-state index is 0.132. The van der Waals surface area contributed by atoms with Gasteiger partial charge in [0, 0.05) is 12.4 Å². The van der Waals surface area contributed by atoms with Crippen LogP contribution in [0.2, 0.25) is 0 Å². The number of carbonyl (C=O) groups excluding carboxylic acids is 1. The third-order valence-electron chi connectivity index (χ3n) is 3.82. The van der Waals surface area contributed by atoms with Crippen molar-refractivity contribution in [3.05, 3.63) is 39.8 Å². The number of nitrogens with one attached hydrogen (secondary N) is 1. The van der Waals surface area contributed by atoms with Crippen LogP contribution in [0.4, 0.5) is 4.79 Å². The van der Waals surface area contributed by atoms with Gasteiger partial charge in [-0.25, -0.2) is 9.78 Å². The van der Waals surface area contributed by atoms with Gasteiger partial charge in [-0.15, -0.1) is 11.3 Å². The van der Waals surface area contributed by atoms with Gasteiger partial charge in [0.15, 0.2) is 11.5 Å². The van der Waals surface area contributed by atoms with Crippen LogP contribution in [0.25, 0.3) is 0 Å². The van der Waals surface area contributed by atoms with Crippen LogP contribution in [-0.4, -0.2) is 36.2 Å². The lowest BCUT2D eigenvalue weighted by atomic mass is 10.1. The molecule has 0 fully saturated rings. The fourth-order valence-electron chi connectivity index (χ4n) is 2.50. The number of benzene rings is 1. The maximum Gasteiger partial charge on any atom is 0.317 e. The number of thiazole rings is 1. The summed E-state index contributed by atoms with van der Waals surface area (Å²) in [6.45, 7) is 5.51. The maximum atomic E-state index is 12.4. The van der Waals surface area contributed by atoms with Crippen LogP contribution in [0.15, 0.2) is 23.6 Å². The van der Waals surface area contributed by atoms with E-state index in [1.165, 1.54) is 0 Å². The lowest BCUT2D eigenvalue weighted by Crippen LogP contribution is -2.38. The number of aryl methyl sites for hydroxylation is 1. The van der Waals surface area contributed by atoms with Crippen molar-refractivity contribution in [3.8, 4) is 11.5 Å². The molecule has 1 aromatic heterocycles. The highest BCUT2D eigenvalue weighted by Crippen LogP contribution is 2.32. The molecule has 2 aromatic rings. The van der Waals surface area contributed by atoms with Gasteiger partial charge in [-0.3, -0.25) is 0 Å². The van der Waals surface area contributed by atoms with Crippen LogP contribution in [0.3, 0.4) is 0 Å². The molecule has 3 rings (SSSR count). The SMILES string of the molecule is Cc1nc(CN(C)C(=O)NC(C)c2ccc3c(c2)OCCO3)cs1. The highest BCUT2D eigenvalue weighted by Gasteiger charge is 2.17. The van der Waals surface area contributed by atoms with Gasteiger partial charge in [0.25, 0.3) is 0 Å². The van der Waals surface area contributed by atoms with Gasteiger partial charge in [0.1, 0.15) is 13.2 Å². The Morgan fingerprint density at radius 1 is 1.38 bits per heavy atom. The average Bonchev–Trinajstić information content (AvgIpc) is 2.99. The van der Waals surface area contributed by atoms with Crippen molar-refractivity contribution in [1.82, 2.24) is 15.2 Å². The first-order chi connectivity index (χ1) is 11.5. The van der Waals surface area contributed by atoms with Crippen molar-refractivity contribution in [3.63, 3.8) is 0 Å². The van der Waals surface area contributed by atoms with Gasteiger partial charge in [0.2, 0.25) is 0 Å². The molecular weight excluding hydrogens is 326 g/mol. The number of ether oxygens (including phenoxy) is 2. The standard InChI is InChI=1S/C17H21N3O3S/c1-11(13-4-5-15-16(8-13)23-7-6-22-15)18-17(21)20(3)9-14-10-24-12(2)19-14/h4-5,8,10-11H,6-7,9H2,1-3H3,(H,18,21). The van der Waals surface area contributed by atoms with Gasteiger partial charge in [-0.05, 0) is 31.5 Å². The molecule has 0 aliphatic carbocycles. The minimum Gasteiger partial charge on any atom is -0.486 e. The fraction of sp³-hybridized carbons (Fsp3) is 0.412. The molecule has 1 atom stereocenters. The van der Waals surface area contributed by atoms with Crippen LogP contribution in [0.1, 0.15) is 29.2 Å². The number of hydrogen-bond donors (Lipinski definition) is 1. The van der Waals surface area contributed by atoms with E-state index in [1.807, 2.05) is 37.4 Å². The quantitative estimate of drug-likeness (QED) is 0.923. The third kappa shape index (κ3) is 3.79. The van der Waals surface area contributed by atoms with Crippen molar-refractivity contribution in [2.45, 2.75) is 26.4 Å². The molecule has 0 radical (unpaired) electrons. The largest absolute Gasteiger partial charge is 0.486 e. The molecule has 0 saturated carbocycles. The summed E-state index contributed by atoms with van der Waals surface area (Å²) < 4.78 is 11.1. The van der Waals surface area contributed by atoms with E-state index < -0.39 is 0 Å². The number of rotatable bonds is 4. The molecule has 2 heterocycles. The Hall–Kier alpha value is -2.28. The first kappa shape index (κ1) is 16.6. The number of fused-ring (bicyclic) bond motifs is 1. The van der Waals surface area contributed by atoms with E-state index in [2.05, 4.69) is 10.3 Å². The zero-order valence-corrected chi connectivity index (χ0v) is 14.9. The number of urea groups is 1. The molecule has 7 heteroatoms. The van der Waals surface area contributed by atoms with Gasteiger partial charge >= 0.3 is 6.03 Å². The smallest absolute Gasteiger partial charge is 0.317 e. The van der Waals surface area contributed by atoms with E-state index in [0.717, 1.165) is 27.8 Å². The topological polar surface area (TPSA) is 63.7 Å². The van der Waals surface area contributed by atoms with Gasteiger partial charge in [-0.1, -0.05) is 6.07 Å². The zero-order valence-electron chi connectivity index (χ0n) is 14.0. The van der Waals surface area contributed by atoms with Crippen LogP contribution in [-0.2, 0) is 6.54 Å². The van der Waals surface area contributed by atoms with E-state index in [0.29, 0.717) is 19.8 Å². The molecule has 1 aliphatic rings. The predicted molar refractivity (Wildman–Crippen MR) is 92.7 cm³/mol. The summed E-state index contributed by atoms with van der Waals surface area (Å²) in [6, 6.07) is 5.48. The average molecular weight is 347 g/mol. The monoisotopic (exact) mass is 347 g/mol. The molecule has 2 amide bonds. The lowest BCUT2D eigenvalue weighted by molar-refractivity contribution is 0.171. The van der Waals surface area contributed by atoms with Gasteiger partial charge < -0.3 is 19.7 Å². The Labute approximate surface area is 145 Å². The van der Waals surface area contributed by atoms with E-state index in [1.54, 1.807) is 23.3 Å². The van der Waals surface area contributed by atoms with Crippen molar-refractivity contribution in [2.24, 2.45) is 0 Å². The van der Waals surface area contributed by atoms with Gasteiger partial charge in [-0.2, -0.15) is 0 Å². The second-order valence-corrected chi connectivity index (χ2v) is 6.85. The molecule has 0 bridgehead atoms. The number of hydrogen-bond acceptors (Lipinski definition) is 5. The Morgan fingerprint density at radius 2 is 2.12 bits per heavy atom. The normalized spacial score (nSPS) is 14.1. The summed E-state index contributed by atoms with van der Waals surface area (Å²) >= 11 is 1.59. The van der Waals surface area contributed by atoms with Crippen LogP contribution < -0.4 is 14.8 Å². The fourth-order valence-corrected chi connectivity index (χ4v) is 3.11. The van der Waals surface area contributed by atoms with Gasteiger partial charge in [0.05, 0.1) is 23.3 Å². The van der Waals surface area contributed by atoms with Crippen molar-refractivity contribution in [1.29, 1.82) is 0 Å². The summed E-state index contributed by atoms with van der Waals surface area (Å²) in [5, 5.41) is 5.97.